The molecule has 0 rings (SSSR count). The molecule has 0 saturated heterocycles. The first-order valence-corrected chi connectivity index (χ1v) is 28.4. The topological polar surface area (TPSA) is 78.9 Å². The molecule has 0 aromatic heterocycles. The van der Waals surface area contributed by atoms with E-state index in [1.54, 1.807) is 0 Å². The van der Waals surface area contributed by atoms with Crippen molar-refractivity contribution < 1.29 is 28.6 Å². The Morgan fingerprint density at radius 3 is 0.925 bits per heavy atom. The lowest BCUT2D eigenvalue weighted by molar-refractivity contribution is -0.167. The molecule has 6 nitrogen and oxygen atoms in total. The zero-order chi connectivity index (χ0) is 48.6. The molecule has 0 spiro atoms. The van der Waals surface area contributed by atoms with E-state index >= 15 is 0 Å². The number of unbranched alkanes of at least 4 members (excludes halogenated alkanes) is 28. The summed E-state index contributed by atoms with van der Waals surface area (Å²) >= 11 is 0. The summed E-state index contributed by atoms with van der Waals surface area (Å²) in [5.41, 5.74) is 0. The van der Waals surface area contributed by atoms with Crippen LogP contribution >= 0.6 is 0 Å². The zero-order valence-corrected chi connectivity index (χ0v) is 44.2. The quantitative estimate of drug-likeness (QED) is 0.0262. The van der Waals surface area contributed by atoms with Crippen molar-refractivity contribution in [2.24, 2.45) is 0 Å². The van der Waals surface area contributed by atoms with E-state index in [9.17, 15) is 14.4 Å². The van der Waals surface area contributed by atoms with Crippen LogP contribution in [0, 0.1) is 0 Å². The van der Waals surface area contributed by atoms with Crippen LogP contribution < -0.4 is 0 Å². The van der Waals surface area contributed by atoms with Gasteiger partial charge in [-0.05, 0) is 89.9 Å². The molecule has 0 bridgehead atoms. The van der Waals surface area contributed by atoms with Crippen LogP contribution in [0.1, 0.15) is 278 Å². The molecule has 386 valence electrons. The van der Waals surface area contributed by atoms with Crippen molar-refractivity contribution in [1.29, 1.82) is 0 Å². The van der Waals surface area contributed by atoms with Crippen LogP contribution in [0.4, 0.5) is 0 Å². The van der Waals surface area contributed by atoms with Gasteiger partial charge in [-0.2, -0.15) is 0 Å². The third kappa shape index (κ3) is 53.7. The van der Waals surface area contributed by atoms with E-state index in [-0.39, 0.29) is 31.1 Å². The molecule has 0 aromatic rings. The summed E-state index contributed by atoms with van der Waals surface area (Å²) in [5, 5.41) is 0. The maximum Gasteiger partial charge on any atom is 0.306 e. The maximum absolute atomic E-state index is 12.8. The first kappa shape index (κ1) is 63.8. The number of rotatable bonds is 51. The van der Waals surface area contributed by atoms with E-state index in [2.05, 4.69) is 93.7 Å². The smallest absolute Gasteiger partial charge is 0.306 e. The molecule has 0 aliphatic rings. The van der Waals surface area contributed by atoms with Crippen molar-refractivity contribution in [3.8, 4) is 0 Å². The molecule has 0 fully saturated rings. The van der Waals surface area contributed by atoms with Gasteiger partial charge in [-0.25, -0.2) is 0 Å². The highest BCUT2D eigenvalue weighted by Crippen LogP contribution is 2.15. The summed E-state index contributed by atoms with van der Waals surface area (Å²) in [7, 11) is 0. The van der Waals surface area contributed by atoms with Gasteiger partial charge < -0.3 is 14.2 Å². The van der Waals surface area contributed by atoms with E-state index in [0.29, 0.717) is 19.3 Å². The molecule has 6 heteroatoms. The molecule has 0 radical (unpaired) electrons. The molecule has 0 N–H and O–H groups in total. The number of allylic oxidation sites excluding steroid dienone is 12. The lowest BCUT2D eigenvalue weighted by Crippen LogP contribution is -2.30. The van der Waals surface area contributed by atoms with Gasteiger partial charge in [-0.3, -0.25) is 14.4 Å². The predicted octanol–water partition coefficient (Wildman–Crippen LogP) is 19.0. The fourth-order valence-electron chi connectivity index (χ4n) is 7.93. The van der Waals surface area contributed by atoms with Gasteiger partial charge in [0.25, 0.3) is 0 Å². The Kier molecular flexibility index (Phi) is 52.8. The molecule has 0 heterocycles. The molecular formula is C61H106O6. The van der Waals surface area contributed by atoms with Crippen molar-refractivity contribution in [2.75, 3.05) is 13.2 Å². The lowest BCUT2D eigenvalue weighted by Gasteiger charge is -2.18. The van der Waals surface area contributed by atoms with E-state index in [4.69, 9.17) is 14.2 Å². The van der Waals surface area contributed by atoms with Gasteiger partial charge >= 0.3 is 17.9 Å². The van der Waals surface area contributed by atoms with Crippen LogP contribution in [0.15, 0.2) is 72.9 Å². The molecule has 0 aliphatic heterocycles. The molecule has 67 heavy (non-hydrogen) atoms. The van der Waals surface area contributed by atoms with Gasteiger partial charge in [0.2, 0.25) is 0 Å². The van der Waals surface area contributed by atoms with Crippen LogP contribution in [-0.4, -0.2) is 37.2 Å². The van der Waals surface area contributed by atoms with E-state index in [0.717, 1.165) is 103 Å². The Balaban J connectivity index is 4.15. The summed E-state index contributed by atoms with van der Waals surface area (Å²) in [6.45, 7) is 6.48. The Morgan fingerprint density at radius 2 is 0.582 bits per heavy atom. The molecular weight excluding hydrogens is 829 g/mol. The number of esters is 3. The highest BCUT2D eigenvalue weighted by Gasteiger charge is 2.19. The minimum Gasteiger partial charge on any atom is -0.462 e. The van der Waals surface area contributed by atoms with Crippen molar-refractivity contribution in [1.82, 2.24) is 0 Å². The summed E-state index contributed by atoms with van der Waals surface area (Å²) in [5.74, 6) is -0.890. The highest BCUT2D eigenvalue weighted by molar-refractivity contribution is 5.71. The second-order valence-electron chi connectivity index (χ2n) is 18.8. The first-order chi connectivity index (χ1) is 33.0. The number of carbonyl (C=O) groups is 3. The molecule has 0 aliphatic carbocycles. The monoisotopic (exact) mass is 935 g/mol. The predicted molar refractivity (Wildman–Crippen MR) is 288 cm³/mol. The summed E-state index contributed by atoms with van der Waals surface area (Å²) in [6.07, 6.45) is 70.6. The summed E-state index contributed by atoms with van der Waals surface area (Å²) in [6, 6.07) is 0. The largest absolute Gasteiger partial charge is 0.462 e. The lowest BCUT2D eigenvalue weighted by atomic mass is 10.0. The fraction of sp³-hybridized carbons (Fsp3) is 0.754. The Morgan fingerprint density at radius 1 is 0.313 bits per heavy atom. The second-order valence-corrected chi connectivity index (χ2v) is 18.8. The first-order valence-electron chi connectivity index (χ1n) is 28.4. The Hall–Kier alpha value is -3.15. The minimum absolute atomic E-state index is 0.0775. The van der Waals surface area contributed by atoms with Gasteiger partial charge in [0.15, 0.2) is 6.10 Å². The van der Waals surface area contributed by atoms with E-state index in [1.165, 1.54) is 135 Å². The Bertz CT molecular complexity index is 1260. The van der Waals surface area contributed by atoms with Crippen LogP contribution in [0.3, 0.4) is 0 Å². The van der Waals surface area contributed by atoms with Crippen molar-refractivity contribution >= 4 is 17.9 Å². The second kappa shape index (κ2) is 55.4. The van der Waals surface area contributed by atoms with E-state index < -0.39 is 6.10 Å². The SMILES string of the molecule is CC/C=C\C/C=C\C/C=C\C/C=C\C/C=C\CCCCCCCCCCCCCC(=O)OCC(COC(=O)CCCCCCCCC)OC(=O)CCCCCCC/C=C\CCCCCCCC. The third-order valence-corrected chi connectivity index (χ3v) is 12.2. The van der Waals surface area contributed by atoms with Gasteiger partial charge in [-0.15, -0.1) is 0 Å². The minimum atomic E-state index is -0.776. The van der Waals surface area contributed by atoms with E-state index in [1.807, 2.05) is 0 Å². The molecule has 0 aromatic carbocycles. The average Bonchev–Trinajstić information content (AvgIpc) is 3.33. The number of hydrogen-bond donors (Lipinski definition) is 0. The highest BCUT2D eigenvalue weighted by atomic mass is 16.6. The van der Waals surface area contributed by atoms with Gasteiger partial charge in [0.1, 0.15) is 13.2 Å². The van der Waals surface area contributed by atoms with Crippen LogP contribution in [0.25, 0.3) is 0 Å². The fourth-order valence-corrected chi connectivity index (χ4v) is 7.93. The average molecular weight is 936 g/mol. The summed E-state index contributed by atoms with van der Waals surface area (Å²) < 4.78 is 16.8. The number of hydrogen-bond acceptors (Lipinski definition) is 6. The number of carbonyl (C=O) groups excluding carboxylic acids is 3. The molecule has 0 amide bonds. The third-order valence-electron chi connectivity index (χ3n) is 12.2. The number of ether oxygens (including phenoxy) is 3. The van der Waals surface area contributed by atoms with Crippen LogP contribution in [0.2, 0.25) is 0 Å². The normalized spacial score (nSPS) is 12.6. The Labute approximate surface area is 414 Å². The molecule has 1 unspecified atom stereocenters. The summed E-state index contributed by atoms with van der Waals surface area (Å²) in [4.78, 5) is 37.9. The standard InChI is InChI=1S/C61H106O6/c1-4-7-10-13-16-18-20-22-24-25-26-27-28-29-30-31-32-33-34-35-37-38-40-42-45-48-51-54-60(63)66-57-58(56-65-59(62)53-50-47-44-15-12-9-6-3)67-61(64)55-52-49-46-43-41-39-36-23-21-19-17-14-11-8-5-2/h7,10,16,18,22-24,26-27,29-30,36,58H,4-6,8-9,11-15,17,19-21,25,28,31-35,37-57H2,1-3H3/b10-7-,18-16-,24-22-,27-26-,30-29-,36-23-. The van der Waals surface area contributed by atoms with Crippen molar-refractivity contribution in [3.63, 3.8) is 0 Å². The van der Waals surface area contributed by atoms with Gasteiger partial charge in [0, 0.05) is 19.3 Å². The van der Waals surface area contributed by atoms with Gasteiger partial charge in [-0.1, -0.05) is 241 Å². The van der Waals surface area contributed by atoms with Crippen molar-refractivity contribution in [3.05, 3.63) is 72.9 Å². The zero-order valence-electron chi connectivity index (χ0n) is 44.2. The maximum atomic E-state index is 12.8. The van der Waals surface area contributed by atoms with Crippen LogP contribution in [0.5, 0.6) is 0 Å². The molecule has 0 saturated carbocycles. The van der Waals surface area contributed by atoms with Crippen LogP contribution in [-0.2, 0) is 28.6 Å². The van der Waals surface area contributed by atoms with Gasteiger partial charge in [0.05, 0.1) is 0 Å². The molecule has 1 atom stereocenters. The van der Waals surface area contributed by atoms with Crippen molar-refractivity contribution in [2.45, 2.75) is 284 Å².